The van der Waals surface area contributed by atoms with Crippen LogP contribution < -0.4 is 10.6 Å². The van der Waals surface area contributed by atoms with Gasteiger partial charge in [-0.1, -0.05) is 48.5 Å². The number of amides is 2. The fraction of sp³-hybridized carbons (Fsp3) is 0.385. The number of alkyl carbamates (subject to hydrolysis) is 1. The summed E-state index contributed by atoms with van der Waals surface area (Å²) in [5, 5.41) is 14.0. The lowest BCUT2D eigenvalue weighted by Gasteiger charge is -2.22. The molecule has 0 heterocycles. The van der Waals surface area contributed by atoms with Gasteiger partial charge in [-0.2, -0.15) is 0 Å². The SMILES string of the molecule is CC(NC(=O)OCC1c2ccccc2-c2ccccc21)C(=O)N[C@@H](CC(=O)OC(C)(C)C)C(=O)O. The maximum atomic E-state index is 12.5. The number of hydrogen-bond acceptors (Lipinski definition) is 6. The molecule has 0 radical (unpaired) electrons. The minimum absolute atomic E-state index is 0.0740. The zero-order valence-corrected chi connectivity index (χ0v) is 20.2. The van der Waals surface area contributed by atoms with E-state index in [1.807, 2.05) is 48.5 Å². The number of benzene rings is 2. The van der Waals surface area contributed by atoms with Gasteiger partial charge in [0.15, 0.2) is 0 Å². The summed E-state index contributed by atoms with van der Waals surface area (Å²) in [6.07, 6.45) is -1.36. The summed E-state index contributed by atoms with van der Waals surface area (Å²) in [7, 11) is 0. The molecule has 1 unspecified atom stereocenters. The number of carboxylic acids is 1. The molecule has 0 fully saturated rings. The van der Waals surface area contributed by atoms with Crippen LogP contribution in [0.2, 0.25) is 0 Å². The Morgan fingerprint density at radius 3 is 2.00 bits per heavy atom. The molecule has 35 heavy (non-hydrogen) atoms. The molecule has 0 aliphatic heterocycles. The highest BCUT2D eigenvalue weighted by atomic mass is 16.6. The van der Waals surface area contributed by atoms with Crippen molar-refractivity contribution in [1.82, 2.24) is 10.6 Å². The van der Waals surface area contributed by atoms with Crippen molar-refractivity contribution in [3.63, 3.8) is 0 Å². The van der Waals surface area contributed by atoms with Gasteiger partial charge in [-0.05, 0) is 49.9 Å². The molecule has 2 aromatic carbocycles. The Kier molecular flexibility index (Phi) is 7.78. The Hall–Kier alpha value is -3.88. The summed E-state index contributed by atoms with van der Waals surface area (Å²) < 4.78 is 10.5. The smallest absolute Gasteiger partial charge is 0.407 e. The van der Waals surface area contributed by atoms with Gasteiger partial charge in [0.1, 0.15) is 24.3 Å². The van der Waals surface area contributed by atoms with Crippen molar-refractivity contribution in [3.05, 3.63) is 59.7 Å². The molecule has 0 saturated carbocycles. The van der Waals surface area contributed by atoms with Crippen molar-refractivity contribution in [1.29, 1.82) is 0 Å². The number of carbonyl (C=O) groups is 4. The molecular formula is C26H30N2O7. The number of carbonyl (C=O) groups excluding carboxylic acids is 3. The van der Waals surface area contributed by atoms with E-state index in [0.29, 0.717) is 0 Å². The first-order chi connectivity index (χ1) is 16.5. The number of aliphatic carboxylic acids is 1. The molecule has 9 heteroatoms. The van der Waals surface area contributed by atoms with Gasteiger partial charge in [-0.15, -0.1) is 0 Å². The van der Waals surface area contributed by atoms with Crippen LogP contribution in [0.15, 0.2) is 48.5 Å². The Bertz CT molecular complexity index is 1080. The number of hydrogen-bond donors (Lipinski definition) is 3. The minimum atomic E-state index is -1.50. The van der Waals surface area contributed by atoms with Crippen LogP contribution in [0.3, 0.4) is 0 Å². The first kappa shape index (κ1) is 25.7. The van der Waals surface area contributed by atoms with E-state index in [1.54, 1.807) is 20.8 Å². The molecule has 0 bridgehead atoms. The van der Waals surface area contributed by atoms with Crippen molar-refractivity contribution in [2.24, 2.45) is 0 Å². The highest BCUT2D eigenvalue weighted by Gasteiger charge is 2.31. The predicted octanol–water partition coefficient (Wildman–Crippen LogP) is 3.21. The van der Waals surface area contributed by atoms with E-state index in [1.165, 1.54) is 6.92 Å². The van der Waals surface area contributed by atoms with Gasteiger partial charge in [-0.3, -0.25) is 9.59 Å². The van der Waals surface area contributed by atoms with Gasteiger partial charge < -0.3 is 25.2 Å². The molecule has 186 valence electrons. The first-order valence-corrected chi connectivity index (χ1v) is 11.3. The van der Waals surface area contributed by atoms with Gasteiger partial charge in [0.2, 0.25) is 5.91 Å². The third-order valence-electron chi connectivity index (χ3n) is 5.48. The van der Waals surface area contributed by atoms with Gasteiger partial charge in [0, 0.05) is 5.92 Å². The van der Waals surface area contributed by atoms with Crippen LogP contribution in [0.25, 0.3) is 11.1 Å². The fourth-order valence-electron chi connectivity index (χ4n) is 3.93. The number of rotatable bonds is 8. The molecule has 0 aromatic heterocycles. The van der Waals surface area contributed by atoms with E-state index in [0.717, 1.165) is 22.3 Å². The molecule has 3 rings (SSSR count). The predicted molar refractivity (Wildman–Crippen MR) is 128 cm³/mol. The van der Waals surface area contributed by atoms with Crippen LogP contribution in [-0.2, 0) is 23.9 Å². The van der Waals surface area contributed by atoms with Crippen molar-refractivity contribution in [2.45, 2.75) is 57.7 Å². The van der Waals surface area contributed by atoms with Gasteiger partial charge >= 0.3 is 18.0 Å². The van der Waals surface area contributed by atoms with Crippen LogP contribution in [-0.4, -0.2) is 53.3 Å². The fourth-order valence-corrected chi connectivity index (χ4v) is 3.93. The van der Waals surface area contributed by atoms with Crippen LogP contribution in [0, 0.1) is 0 Å². The van der Waals surface area contributed by atoms with Crippen molar-refractivity contribution < 1.29 is 33.8 Å². The second kappa shape index (κ2) is 10.6. The Balaban J connectivity index is 1.55. The van der Waals surface area contributed by atoms with Crippen molar-refractivity contribution in [3.8, 4) is 11.1 Å². The third kappa shape index (κ3) is 6.59. The number of fused-ring (bicyclic) bond motifs is 3. The van der Waals surface area contributed by atoms with Crippen LogP contribution >= 0.6 is 0 Å². The third-order valence-corrected chi connectivity index (χ3v) is 5.48. The average Bonchev–Trinajstić information content (AvgIpc) is 3.09. The molecule has 2 atom stereocenters. The summed E-state index contributed by atoms with van der Waals surface area (Å²) in [5.41, 5.74) is 3.50. The molecule has 0 spiro atoms. The number of nitrogens with one attached hydrogen (secondary N) is 2. The van der Waals surface area contributed by atoms with Crippen molar-refractivity contribution in [2.75, 3.05) is 6.61 Å². The van der Waals surface area contributed by atoms with E-state index >= 15 is 0 Å². The molecule has 0 saturated heterocycles. The molecule has 9 nitrogen and oxygen atoms in total. The standard InChI is InChI=1S/C26H30N2O7/c1-15(23(30)28-21(24(31)32)13-22(29)35-26(2,3)4)27-25(33)34-14-20-18-11-7-5-9-16(18)17-10-6-8-12-19(17)20/h5-12,15,20-21H,13-14H2,1-4H3,(H,27,33)(H,28,30)(H,31,32)/t15?,21-/m0/s1. The maximum absolute atomic E-state index is 12.5. The summed E-state index contributed by atoms with van der Waals surface area (Å²) in [6.45, 7) is 6.42. The topological polar surface area (TPSA) is 131 Å². The molecule has 1 aliphatic rings. The second-order valence-electron chi connectivity index (χ2n) is 9.38. The number of ether oxygens (including phenoxy) is 2. The quantitative estimate of drug-likeness (QED) is 0.492. The zero-order chi connectivity index (χ0) is 25.8. The highest BCUT2D eigenvalue weighted by Crippen LogP contribution is 2.44. The Morgan fingerprint density at radius 2 is 1.49 bits per heavy atom. The zero-order valence-electron chi connectivity index (χ0n) is 20.2. The largest absolute Gasteiger partial charge is 0.480 e. The van der Waals surface area contributed by atoms with Gasteiger partial charge in [0.25, 0.3) is 0 Å². The van der Waals surface area contributed by atoms with E-state index in [4.69, 9.17) is 9.47 Å². The normalized spacial score (nSPS) is 14.2. The lowest BCUT2D eigenvalue weighted by molar-refractivity contribution is -0.158. The van der Waals surface area contributed by atoms with Gasteiger partial charge in [0.05, 0.1) is 6.42 Å². The molecule has 2 aromatic rings. The molecule has 1 aliphatic carbocycles. The average molecular weight is 483 g/mol. The monoisotopic (exact) mass is 482 g/mol. The number of carboxylic acid groups (broad SMARTS) is 1. The number of esters is 1. The molecule has 2 amide bonds. The second-order valence-corrected chi connectivity index (χ2v) is 9.38. The Morgan fingerprint density at radius 1 is 0.943 bits per heavy atom. The van der Waals surface area contributed by atoms with E-state index in [-0.39, 0.29) is 12.5 Å². The summed E-state index contributed by atoms with van der Waals surface area (Å²) in [6, 6.07) is 13.2. The highest BCUT2D eigenvalue weighted by molar-refractivity contribution is 5.90. The van der Waals surface area contributed by atoms with Crippen molar-refractivity contribution >= 4 is 23.9 Å². The maximum Gasteiger partial charge on any atom is 0.407 e. The first-order valence-electron chi connectivity index (χ1n) is 11.3. The summed E-state index contributed by atoms with van der Waals surface area (Å²) in [4.78, 5) is 48.3. The van der Waals surface area contributed by atoms with E-state index in [2.05, 4.69) is 10.6 Å². The van der Waals surface area contributed by atoms with E-state index < -0.39 is 48.0 Å². The van der Waals surface area contributed by atoms with Crippen LogP contribution in [0.4, 0.5) is 4.79 Å². The molecular weight excluding hydrogens is 452 g/mol. The summed E-state index contributed by atoms with van der Waals surface area (Å²) in [5.74, 6) is -3.06. The lowest BCUT2D eigenvalue weighted by atomic mass is 9.98. The lowest BCUT2D eigenvalue weighted by Crippen LogP contribution is -2.51. The van der Waals surface area contributed by atoms with E-state index in [9.17, 15) is 24.3 Å². The van der Waals surface area contributed by atoms with Crippen LogP contribution in [0.5, 0.6) is 0 Å². The Labute approximate surface area is 203 Å². The summed E-state index contributed by atoms with van der Waals surface area (Å²) >= 11 is 0. The van der Waals surface area contributed by atoms with Crippen LogP contribution in [0.1, 0.15) is 51.2 Å². The van der Waals surface area contributed by atoms with Gasteiger partial charge in [-0.25, -0.2) is 9.59 Å². The minimum Gasteiger partial charge on any atom is -0.480 e. The molecule has 3 N–H and O–H groups in total.